The number of carbonyl (C=O) groups is 1. The Bertz CT molecular complexity index is 296. The summed E-state index contributed by atoms with van der Waals surface area (Å²) in [5.41, 5.74) is 5.96. The maximum atomic E-state index is 12.3. The van der Waals surface area contributed by atoms with Gasteiger partial charge in [0.1, 0.15) is 0 Å². The lowest BCUT2D eigenvalue weighted by atomic mass is 9.66. The molecule has 2 rings (SSSR count). The Morgan fingerprint density at radius 1 is 1.44 bits per heavy atom. The monoisotopic (exact) mass is 253 g/mol. The van der Waals surface area contributed by atoms with Gasteiger partial charge in [-0.05, 0) is 51.2 Å². The highest BCUT2D eigenvalue weighted by atomic mass is 16.2. The Kier molecular flexibility index (Phi) is 4.28. The van der Waals surface area contributed by atoms with Crippen molar-refractivity contribution in [2.75, 3.05) is 33.7 Å². The quantitative estimate of drug-likeness (QED) is 0.797. The number of amides is 1. The van der Waals surface area contributed by atoms with Crippen molar-refractivity contribution in [3.05, 3.63) is 0 Å². The van der Waals surface area contributed by atoms with E-state index in [1.54, 1.807) is 0 Å². The molecule has 4 nitrogen and oxygen atoms in total. The van der Waals surface area contributed by atoms with Crippen LogP contribution >= 0.6 is 0 Å². The maximum Gasteiger partial charge on any atom is 0.222 e. The van der Waals surface area contributed by atoms with Crippen molar-refractivity contribution in [3.63, 3.8) is 0 Å². The normalized spacial score (nSPS) is 26.9. The number of nitrogens with zero attached hydrogens (tertiary/aromatic N) is 2. The van der Waals surface area contributed by atoms with Gasteiger partial charge in [0.05, 0.1) is 0 Å². The molecule has 1 unspecified atom stereocenters. The average molecular weight is 253 g/mol. The fourth-order valence-electron chi connectivity index (χ4n) is 3.21. The molecule has 0 aromatic carbocycles. The van der Waals surface area contributed by atoms with Crippen molar-refractivity contribution in [1.29, 1.82) is 0 Å². The highest BCUT2D eigenvalue weighted by molar-refractivity contribution is 5.76. The van der Waals surface area contributed by atoms with Crippen LogP contribution in [0.25, 0.3) is 0 Å². The van der Waals surface area contributed by atoms with E-state index in [9.17, 15) is 4.79 Å². The van der Waals surface area contributed by atoms with Crippen LogP contribution in [0.15, 0.2) is 0 Å². The Morgan fingerprint density at radius 2 is 2.17 bits per heavy atom. The zero-order chi connectivity index (χ0) is 13.2. The second kappa shape index (κ2) is 5.57. The molecule has 1 amide bonds. The maximum absolute atomic E-state index is 12.3. The molecule has 0 aromatic rings. The van der Waals surface area contributed by atoms with Crippen molar-refractivity contribution >= 4 is 5.91 Å². The van der Waals surface area contributed by atoms with E-state index in [0.717, 1.165) is 19.4 Å². The van der Waals surface area contributed by atoms with Crippen molar-refractivity contribution in [2.24, 2.45) is 11.1 Å². The largest absolute Gasteiger partial charge is 0.344 e. The molecule has 1 saturated carbocycles. The first kappa shape index (κ1) is 13.8. The number of rotatable bonds is 5. The van der Waals surface area contributed by atoms with Crippen LogP contribution in [0.2, 0.25) is 0 Å². The van der Waals surface area contributed by atoms with Crippen LogP contribution in [0, 0.1) is 5.41 Å². The molecular formula is C14H27N3O. The molecule has 2 fully saturated rings. The van der Waals surface area contributed by atoms with Crippen molar-refractivity contribution < 1.29 is 4.79 Å². The Hall–Kier alpha value is -0.610. The van der Waals surface area contributed by atoms with Gasteiger partial charge in [-0.25, -0.2) is 0 Å². The molecule has 0 aromatic heterocycles. The van der Waals surface area contributed by atoms with Gasteiger partial charge in [0.25, 0.3) is 0 Å². The van der Waals surface area contributed by atoms with Gasteiger partial charge in [-0.2, -0.15) is 0 Å². The molecule has 2 N–H and O–H groups in total. The number of nitrogens with two attached hydrogens (primary N) is 1. The molecule has 1 atom stereocenters. The van der Waals surface area contributed by atoms with Crippen LogP contribution in [-0.2, 0) is 4.79 Å². The summed E-state index contributed by atoms with van der Waals surface area (Å²) >= 11 is 0. The zero-order valence-electron chi connectivity index (χ0n) is 11.8. The number of likely N-dealkylation sites (tertiary alicyclic amines) is 1. The minimum absolute atomic E-state index is 0.132. The molecule has 18 heavy (non-hydrogen) atoms. The molecule has 0 radical (unpaired) electrons. The van der Waals surface area contributed by atoms with Crippen molar-refractivity contribution in [1.82, 2.24) is 9.80 Å². The van der Waals surface area contributed by atoms with Crippen LogP contribution in [0.4, 0.5) is 0 Å². The highest BCUT2D eigenvalue weighted by Crippen LogP contribution is 2.43. The highest BCUT2D eigenvalue weighted by Gasteiger charge is 2.38. The van der Waals surface area contributed by atoms with Gasteiger partial charge >= 0.3 is 0 Å². The first-order chi connectivity index (χ1) is 8.56. The van der Waals surface area contributed by atoms with Crippen LogP contribution in [0.1, 0.15) is 38.5 Å². The number of likely N-dealkylation sites (N-methyl/N-ethyl adjacent to an activating group) is 2. The van der Waals surface area contributed by atoms with E-state index in [1.165, 1.54) is 25.8 Å². The van der Waals surface area contributed by atoms with E-state index in [4.69, 9.17) is 5.73 Å². The number of carbonyl (C=O) groups excluding carboxylic acids is 1. The first-order valence-corrected chi connectivity index (χ1v) is 7.21. The molecule has 1 aliphatic heterocycles. The van der Waals surface area contributed by atoms with Crippen LogP contribution in [0.3, 0.4) is 0 Å². The average Bonchev–Trinajstić information content (AvgIpc) is 2.69. The standard InChI is InChI=1S/C14H27N3O/c1-16-8-3-5-12(16)10-17(2)13(18)9-14(11-15)6-4-7-14/h12H,3-11,15H2,1-2H3. The summed E-state index contributed by atoms with van der Waals surface area (Å²) in [4.78, 5) is 16.5. The molecule has 4 heteroatoms. The van der Waals surface area contributed by atoms with E-state index in [1.807, 2.05) is 11.9 Å². The Balaban J connectivity index is 1.81. The van der Waals surface area contributed by atoms with Gasteiger partial charge < -0.3 is 15.5 Å². The predicted octanol–water partition coefficient (Wildman–Crippen LogP) is 1.06. The van der Waals surface area contributed by atoms with Gasteiger partial charge in [0.15, 0.2) is 0 Å². The summed E-state index contributed by atoms with van der Waals surface area (Å²) in [6.45, 7) is 2.70. The molecule has 1 aliphatic carbocycles. The summed E-state index contributed by atoms with van der Waals surface area (Å²) < 4.78 is 0. The number of hydrogen-bond donors (Lipinski definition) is 1. The van der Waals surface area contributed by atoms with E-state index in [0.29, 0.717) is 19.0 Å². The molecule has 2 aliphatic rings. The molecular weight excluding hydrogens is 226 g/mol. The SMILES string of the molecule is CN(CC1CCCN1C)C(=O)CC1(CN)CCC1. The minimum atomic E-state index is 0.132. The summed E-state index contributed by atoms with van der Waals surface area (Å²) in [6.07, 6.45) is 6.63. The summed E-state index contributed by atoms with van der Waals surface area (Å²) in [6, 6.07) is 0.550. The Labute approximate surface area is 110 Å². The third-order valence-electron chi connectivity index (χ3n) is 4.96. The second-order valence-corrected chi connectivity index (χ2v) is 6.29. The zero-order valence-corrected chi connectivity index (χ0v) is 11.8. The molecule has 1 heterocycles. The Morgan fingerprint density at radius 3 is 2.61 bits per heavy atom. The fraction of sp³-hybridized carbons (Fsp3) is 0.929. The third-order valence-corrected chi connectivity index (χ3v) is 4.96. The molecule has 1 saturated heterocycles. The van der Waals surface area contributed by atoms with Crippen molar-refractivity contribution in [3.8, 4) is 0 Å². The van der Waals surface area contributed by atoms with Crippen LogP contribution < -0.4 is 5.73 Å². The summed E-state index contributed by atoms with van der Waals surface area (Å²) in [5.74, 6) is 0.278. The number of hydrogen-bond acceptors (Lipinski definition) is 3. The van der Waals surface area contributed by atoms with E-state index in [-0.39, 0.29) is 11.3 Å². The molecule has 0 bridgehead atoms. The molecule has 0 spiro atoms. The lowest BCUT2D eigenvalue weighted by molar-refractivity contribution is -0.134. The van der Waals surface area contributed by atoms with Gasteiger partial charge in [0, 0.05) is 26.1 Å². The van der Waals surface area contributed by atoms with Gasteiger partial charge in [-0.3, -0.25) is 4.79 Å². The lowest BCUT2D eigenvalue weighted by Crippen LogP contribution is -2.45. The van der Waals surface area contributed by atoms with Crippen molar-refractivity contribution in [2.45, 2.75) is 44.6 Å². The minimum Gasteiger partial charge on any atom is -0.344 e. The molecule has 104 valence electrons. The summed E-state index contributed by atoms with van der Waals surface area (Å²) in [5, 5.41) is 0. The smallest absolute Gasteiger partial charge is 0.222 e. The predicted molar refractivity (Wildman–Crippen MR) is 73.2 cm³/mol. The fourth-order valence-corrected chi connectivity index (χ4v) is 3.21. The third kappa shape index (κ3) is 2.86. The van der Waals surface area contributed by atoms with E-state index < -0.39 is 0 Å². The van der Waals surface area contributed by atoms with Gasteiger partial charge in [-0.1, -0.05) is 6.42 Å². The second-order valence-electron chi connectivity index (χ2n) is 6.29. The topological polar surface area (TPSA) is 49.6 Å². The van der Waals surface area contributed by atoms with Gasteiger partial charge in [-0.15, -0.1) is 0 Å². The van der Waals surface area contributed by atoms with Crippen LogP contribution in [-0.4, -0.2) is 55.5 Å². The van der Waals surface area contributed by atoms with Gasteiger partial charge in [0.2, 0.25) is 5.91 Å². The van der Waals surface area contributed by atoms with E-state index >= 15 is 0 Å². The lowest BCUT2D eigenvalue weighted by Gasteiger charge is -2.41. The summed E-state index contributed by atoms with van der Waals surface area (Å²) in [7, 11) is 4.10. The van der Waals surface area contributed by atoms with Crippen LogP contribution in [0.5, 0.6) is 0 Å². The first-order valence-electron chi connectivity index (χ1n) is 7.21. The van der Waals surface area contributed by atoms with E-state index in [2.05, 4.69) is 11.9 Å².